The van der Waals surface area contributed by atoms with Gasteiger partial charge in [0.05, 0.1) is 0 Å². The summed E-state index contributed by atoms with van der Waals surface area (Å²) in [6.45, 7) is 0. The first-order chi connectivity index (χ1) is 12.6. The van der Waals surface area contributed by atoms with E-state index in [0.717, 1.165) is 6.42 Å². The maximum Gasteiger partial charge on any atom is 0.229 e. The smallest absolute Gasteiger partial charge is 0.229 e. The molecule has 1 aliphatic rings. The van der Waals surface area contributed by atoms with Gasteiger partial charge in [-0.2, -0.15) is 0 Å². The van der Waals surface area contributed by atoms with Crippen molar-refractivity contribution >= 4 is 23.1 Å². The lowest BCUT2D eigenvalue weighted by Crippen LogP contribution is -2.47. The van der Waals surface area contributed by atoms with Gasteiger partial charge >= 0.3 is 0 Å². The molecular weight excluding hydrogens is 328 g/mol. The van der Waals surface area contributed by atoms with Gasteiger partial charge in [0.25, 0.3) is 0 Å². The third kappa shape index (κ3) is 3.27. The topological polar surface area (TPSA) is 68.3 Å². The van der Waals surface area contributed by atoms with Crippen LogP contribution in [0.15, 0.2) is 60.7 Å². The highest BCUT2D eigenvalue weighted by Crippen LogP contribution is 2.39. The highest BCUT2D eigenvalue weighted by atomic mass is 16.2. The van der Waals surface area contributed by atoms with E-state index in [-0.39, 0.29) is 24.0 Å². The second kappa shape index (κ2) is 7.56. The van der Waals surface area contributed by atoms with Crippen molar-refractivity contribution in [2.24, 2.45) is 5.41 Å². The van der Waals surface area contributed by atoms with Crippen molar-refractivity contribution in [3.63, 3.8) is 0 Å². The highest BCUT2D eigenvalue weighted by Gasteiger charge is 2.51. The third-order valence-corrected chi connectivity index (χ3v) is 5.06. The first-order valence-electron chi connectivity index (χ1n) is 8.84. The zero-order chi connectivity index (χ0) is 18.6. The summed E-state index contributed by atoms with van der Waals surface area (Å²) in [5.41, 5.74) is -1.03. The molecule has 2 aromatic carbocycles. The van der Waals surface area contributed by atoms with Crippen LogP contribution in [0.4, 0.5) is 0 Å². The lowest BCUT2D eigenvalue weighted by molar-refractivity contribution is -0.137. The molecule has 0 amide bonds. The first-order valence-corrected chi connectivity index (χ1v) is 8.84. The van der Waals surface area contributed by atoms with Crippen molar-refractivity contribution in [1.29, 1.82) is 0 Å². The summed E-state index contributed by atoms with van der Waals surface area (Å²) >= 11 is 0. The van der Waals surface area contributed by atoms with Crippen molar-refractivity contribution in [3.05, 3.63) is 71.8 Å². The summed E-state index contributed by atoms with van der Waals surface area (Å²) in [6, 6.07) is 16.4. The van der Waals surface area contributed by atoms with Crippen molar-refractivity contribution in [3.8, 4) is 0 Å². The van der Waals surface area contributed by atoms with Crippen molar-refractivity contribution < 1.29 is 19.2 Å². The summed E-state index contributed by atoms with van der Waals surface area (Å²) in [5, 5.41) is 0. The molecule has 4 heteroatoms. The number of rotatable bonds is 6. The van der Waals surface area contributed by atoms with Crippen molar-refractivity contribution in [1.82, 2.24) is 0 Å². The van der Waals surface area contributed by atoms with E-state index in [2.05, 4.69) is 0 Å². The largest absolute Gasteiger partial charge is 0.289 e. The number of carbonyl (C=O) groups is 4. The molecule has 0 saturated heterocycles. The summed E-state index contributed by atoms with van der Waals surface area (Å²) in [7, 11) is 0. The molecular formula is C22H20O4. The second-order valence-electron chi connectivity index (χ2n) is 6.69. The number of ketones is 4. The molecule has 26 heavy (non-hydrogen) atoms. The van der Waals surface area contributed by atoms with Crippen LogP contribution in [0.25, 0.3) is 0 Å². The van der Waals surface area contributed by atoms with Crippen molar-refractivity contribution in [2.45, 2.75) is 32.1 Å². The second-order valence-corrected chi connectivity index (χ2v) is 6.69. The van der Waals surface area contributed by atoms with E-state index in [4.69, 9.17) is 0 Å². The van der Waals surface area contributed by atoms with E-state index in [1.165, 1.54) is 0 Å². The normalized spacial score (nSPS) is 15.8. The molecule has 0 N–H and O–H groups in total. The van der Waals surface area contributed by atoms with Gasteiger partial charge in [0, 0.05) is 11.1 Å². The average molecular weight is 348 g/mol. The third-order valence-electron chi connectivity index (χ3n) is 5.06. The molecule has 0 aromatic heterocycles. The Labute approximate surface area is 152 Å². The molecule has 0 bridgehead atoms. The number of Topliss-reactive ketones (excluding diaryl/α,β-unsaturated/α-hetero) is 4. The van der Waals surface area contributed by atoms with Gasteiger partial charge in [-0.3, -0.25) is 19.2 Å². The Morgan fingerprint density at radius 3 is 1.35 bits per heavy atom. The van der Waals surface area contributed by atoms with Crippen LogP contribution in [0.5, 0.6) is 0 Å². The lowest BCUT2D eigenvalue weighted by atomic mass is 9.65. The lowest BCUT2D eigenvalue weighted by Gasteiger charge is -2.33. The van der Waals surface area contributed by atoms with Gasteiger partial charge in [-0.25, -0.2) is 0 Å². The number of hydrogen-bond donors (Lipinski definition) is 0. The molecule has 0 atom stereocenters. The van der Waals surface area contributed by atoms with Crippen LogP contribution in [0, 0.1) is 5.41 Å². The van der Waals surface area contributed by atoms with E-state index in [9.17, 15) is 19.2 Å². The van der Waals surface area contributed by atoms with Crippen LogP contribution >= 0.6 is 0 Å². The summed E-state index contributed by atoms with van der Waals surface area (Å²) in [6.07, 6.45) is 2.70. The quantitative estimate of drug-likeness (QED) is 0.452. The molecule has 1 aliphatic carbocycles. The molecule has 0 unspecified atom stereocenters. The Morgan fingerprint density at radius 2 is 0.962 bits per heavy atom. The summed E-state index contributed by atoms with van der Waals surface area (Å²) in [4.78, 5) is 51.5. The molecule has 3 rings (SSSR count). The van der Waals surface area contributed by atoms with Gasteiger partial charge in [0.2, 0.25) is 23.1 Å². The molecule has 0 radical (unpaired) electrons. The number of hydrogen-bond acceptors (Lipinski definition) is 4. The van der Waals surface area contributed by atoms with Crippen molar-refractivity contribution in [2.75, 3.05) is 0 Å². The summed E-state index contributed by atoms with van der Waals surface area (Å²) in [5.74, 6) is -2.89. The van der Waals surface area contributed by atoms with E-state index in [1.807, 2.05) is 0 Å². The molecule has 0 heterocycles. The average Bonchev–Trinajstić information content (AvgIpc) is 2.73. The number of benzene rings is 2. The molecule has 0 aliphatic heterocycles. The molecule has 2 aromatic rings. The van der Waals surface area contributed by atoms with Crippen LogP contribution in [-0.2, 0) is 9.59 Å². The maximum absolute atomic E-state index is 13.1. The Hall–Kier alpha value is -2.88. The Balaban J connectivity index is 1.96. The van der Waals surface area contributed by atoms with E-state index in [0.29, 0.717) is 12.8 Å². The van der Waals surface area contributed by atoms with Gasteiger partial charge in [-0.15, -0.1) is 0 Å². The Morgan fingerprint density at radius 1 is 0.577 bits per heavy atom. The maximum atomic E-state index is 13.1. The van der Waals surface area contributed by atoms with Gasteiger partial charge < -0.3 is 0 Å². The Bertz CT molecular complexity index is 765. The predicted molar refractivity (Wildman–Crippen MR) is 97.1 cm³/mol. The molecule has 1 fully saturated rings. The molecule has 1 saturated carbocycles. The van der Waals surface area contributed by atoms with Crippen LogP contribution < -0.4 is 0 Å². The summed E-state index contributed by atoms with van der Waals surface area (Å²) < 4.78 is 0. The molecule has 132 valence electrons. The van der Waals surface area contributed by atoms with Crippen LogP contribution in [0.3, 0.4) is 0 Å². The fourth-order valence-electron chi connectivity index (χ4n) is 3.59. The zero-order valence-corrected chi connectivity index (χ0v) is 14.4. The zero-order valence-electron chi connectivity index (χ0n) is 14.4. The minimum absolute atomic E-state index is 0.252. The molecule has 0 spiro atoms. The SMILES string of the molecule is O=C(C(=O)C1(C(=O)C(=O)c2ccccc2)CCCCC1)c1ccccc1. The minimum Gasteiger partial charge on any atom is -0.289 e. The fourth-order valence-corrected chi connectivity index (χ4v) is 3.59. The number of carbonyl (C=O) groups excluding carboxylic acids is 4. The van der Waals surface area contributed by atoms with Gasteiger partial charge in [-0.05, 0) is 12.8 Å². The van der Waals surface area contributed by atoms with E-state index < -0.39 is 28.5 Å². The highest BCUT2D eigenvalue weighted by molar-refractivity contribution is 6.57. The molecule has 4 nitrogen and oxygen atoms in total. The van der Waals surface area contributed by atoms with E-state index in [1.54, 1.807) is 60.7 Å². The monoisotopic (exact) mass is 348 g/mol. The van der Waals surface area contributed by atoms with Gasteiger partial charge in [0.1, 0.15) is 5.41 Å². The van der Waals surface area contributed by atoms with E-state index >= 15 is 0 Å². The standard InChI is InChI=1S/C22H20O4/c23-18(16-10-4-1-5-11-16)20(25)22(14-8-3-9-15-22)21(26)19(24)17-12-6-2-7-13-17/h1-2,4-7,10-13H,3,8-9,14-15H2. The van der Waals surface area contributed by atoms with Gasteiger partial charge in [0.15, 0.2) is 0 Å². The van der Waals surface area contributed by atoms with Crippen LogP contribution in [0.2, 0.25) is 0 Å². The van der Waals surface area contributed by atoms with Gasteiger partial charge in [-0.1, -0.05) is 79.9 Å². The first kappa shape index (κ1) is 17.9. The fraction of sp³-hybridized carbons (Fsp3) is 0.273. The predicted octanol–water partition coefficient (Wildman–Crippen LogP) is 3.84. The van der Waals surface area contributed by atoms with Crippen LogP contribution in [0.1, 0.15) is 52.8 Å². The Kier molecular flexibility index (Phi) is 5.21. The minimum atomic E-state index is -1.53. The van der Waals surface area contributed by atoms with Crippen LogP contribution in [-0.4, -0.2) is 23.1 Å².